The van der Waals surface area contributed by atoms with Crippen LogP contribution in [0.4, 0.5) is 0 Å². The van der Waals surface area contributed by atoms with Gasteiger partial charge in [-0.3, -0.25) is 4.79 Å². The van der Waals surface area contributed by atoms with E-state index in [0.717, 1.165) is 32.2 Å². The summed E-state index contributed by atoms with van der Waals surface area (Å²) in [6.07, 6.45) is 50.3. The molecule has 0 amide bonds. The molecule has 3 nitrogen and oxygen atoms in total. The number of carbonyl (C=O) groups excluding carboxylic acids is 1. The molecular formula is C41H75NO2. The topological polar surface area (TPSA) is 29.5 Å². The van der Waals surface area contributed by atoms with Gasteiger partial charge in [-0.2, -0.15) is 0 Å². The van der Waals surface area contributed by atoms with Gasteiger partial charge in [-0.25, -0.2) is 0 Å². The van der Waals surface area contributed by atoms with E-state index >= 15 is 0 Å². The highest BCUT2D eigenvalue weighted by Gasteiger charge is 2.14. The molecule has 0 aliphatic carbocycles. The Labute approximate surface area is 276 Å². The minimum absolute atomic E-state index is 0.0219. The Hall–Kier alpha value is -1.61. The van der Waals surface area contributed by atoms with Crippen LogP contribution in [0.15, 0.2) is 48.6 Å². The molecule has 44 heavy (non-hydrogen) atoms. The second-order valence-electron chi connectivity index (χ2n) is 13.1. The van der Waals surface area contributed by atoms with E-state index in [1.165, 1.54) is 135 Å². The summed E-state index contributed by atoms with van der Waals surface area (Å²) >= 11 is 0. The number of rotatable bonds is 33. The highest BCUT2D eigenvalue weighted by Crippen LogP contribution is 2.18. The van der Waals surface area contributed by atoms with Gasteiger partial charge in [-0.1, -0.05) is 133 Å². The van der Waals surface area contributed by atoms with Crippen LogP contribution in [-0.4, -0.2) is 37.6 Å². The third-order valence-electron chi connectivity index (χ3n) is 8.26. The van der Waals surface area contributed by atoms with Gasteiger partial charge in [-0.05, 0) is 104 Å². The van der Waals surface area contributed by atoms with Crippen molar-refractivity contribution in [3.05, 3.63) is 48.6 Å². The maximum absolute atomic E-state index is 12.4. The predicted molar refractivity (Wildman–Crippen MR) is 196 cm³/mol. The third kappa shape index (κ3) is 34.9. The van der Waals surface area contributed by atoms with E-state index in [1.54, 1.807) is 0 Å². The van der Waals surface area contributed by atoms with Gasteiger partial charge in [0.2, 0.25) is 0 Å². The molecule has 1 atom stereocenters. The van der Waals surface area contributed by atoms with Gasteiger partial charge in [0.05, 0.1) is 6.42 Å². The number of unbranched alkanes of at least 4 members (excludes halogenated alkanes) is 17. The van der Waals surface area contributed by atoms with E-state index in [0.29, 0.717) is 6.42 Å². The summed E-state index contributed by atoms with van der Waals surface area (Å²) in [5, 5.41) is 0. The molecule has 0 saturated carbocycles. The first-order valence-corrected chi connectivity index (χ1v) is 19.0. The fourth-order valence-corrected chi connectivity index (χ4v) is 5.37. The van der Waals surface area contributed by atoms with Crippen molar-refractivity contribution in [2.24, 2.45) is 0 Å². The minimum Gasteiger partial charge on any atom is -0.462 e. The fraction of sp³-hybridized carbons (Fsp3) is 0.780. The molecule has 0 saturated heterocycles. The van der Waals surface area contributed by atoms with Crippen LogP contribution in [0.5, 0.6) is 0 Å². The zero-order chi connectivity index (χ0) is 32.2. The summed E-state index contributed by atoms with van der Waals surface area (Å²) in [5.74, 6) is -0.0219. The maximum Gasteiger partial charge on any atom is 0.307 e. The van der Waals surface area contributed by atoms with Crippen LogP contribution in [0, 0.1) is 0 Å². The highest BCUT2D eigenvalue weighted by atomic mass is 16.5. The largest absolute Gasteiger partial charge is 0.462 e. The molecular weight excluding hydrogens is 538 g/mol. The number of hydrogen-bond acceptors (Lipinski definition) is 3. The fourth-order valence-electron chi connectivity index (χ4n) is 5.37. The van der Waals surface area contributed by atoms with E-state index in [-0.39, 0.29) is 12.1 Å². The van der Waals surface area contributed by atoms with Crippen LogP contribution in [-0.2, 0) is 9.53 Å². The van der Waals surface area contributed by atoms with Crippen LogP contribution < -0.4 is 0 Å². The Morgan fingerprint density at radius 2 is 0.886 bits per heavy atom. The Morgan fingerprint density at radius 3 is 1.27 bits per heavy atom. The SMILES string of the molecule is CCCCCC=CCC=CCCCCCCCCC(CCCCCCCC=CCC=CCCCCC)OC(=O)CCN(C)C. The van der Waals surface area contributed by atoms with Gasteiger partial charge >= 0.3 is 5.97 Å². The highest BCUT2D eigenvalue weighted by molar-refractivity contribution is 5.69. The summed E-state index contributed by atoms with van der Waals surface area (Å²) in [5.41, 5.74) is 0. The summed E-state index contributed by atoms with van der Waals surface area (Å²) < 4.78 is 5.95. The molecule has 0 fully saturated rings. The van der Waals surface area contributed by atoms with Crippen molar-refractivity contribution in [2.75, 3.05) is 20.6 Å². The third-order valence-corrected chi connectivity index (χ3v) is 8.26. The quantitative estimate of drug-likeness (QED) is 0.0419. The van der Waals surface area contributed by atoms with Crippen molar-refractivity contribution in [3.63, 3.8) is 0 Å². The Balaban J connectivity index is 3.98. The van der Waals surface area contributed by atoms with Crippen LogP contribution in [0.25, 0.3) is 0 Å². The zero-order valence-electron chi connectivity index (χ0n) is 30.1. The summed E-state index contributed by atoms with van der Waals surface area (Å²) in [7, 11) is 4.02. The van der Waals surface area contributed by atoms with Crippen LogP contribution in [0.3, 0.4) is 0 Å². The normalized spacial score (nSPS) is 13.0. The lowest BCUT2D eigenvalue weighted by Gasteiger charge is -2.19. The van der Waals surface area contributed by atoms with E-state index in [4.69, 9.17) is 4.74 Å². The van der Waals surface area contributed by atoms with Crippen molar-refractivity contribution in [1.82, 2.24) is 4.90 Å². The first kappa shape index (κ1) is 42.4. The van der Waals surface area contributed by atoms with Gasteiger partial charge in [0.25, 0.3) is 0 Å². The van der Waals surface area contributed by atoms with E-state index in [9.17, 15) is 4.79 Å². The minimum atomic E-state index is -0.0219. The Bertz CT molecular complexity index is 705. The smallest absolute Gasteiger partial charge is 0.307 e. The number of esters is 1. The lowest BCUT2D eigenvalue weighted by Crippen LogP contribution is -2.22. The van der Waals surface area contributed by atoms with Gasteiger partial charge in [0.15, 0.2) is 0 Å². The second kappa shape index (κ2) is 35.9. The van der Waals surface area contributed by atoms with Crippen molar-refractivity contribution in [3.8, 4) is 0 Å². The molecule has 0 radical (unpaired) electrons. The van der Waals surface area contributed by atoms with Crippen molar-refractivity contribution >= 4 is 5.97 Å². The van der Waals surface area contributed by atoms with Gasteiger partial charge in [0.1, 0.15) is 6.10 Å². The number of allylic oxidation sites excluding steroid dienone is 8. The molecule has 0 bridgehead atoms. The molecule has 0 spiro atoms. The van der Waals surface area contributed by atoms with E-state index in [2.05, 4.69) is 67.4 Å². The van der Waals surface area contributed by atoms with Crippen LogP contribution >= 0.6 is 0 Å². The molecule has 0 aromatic heterocycles. The maximum atomic E-state index is 12.4. The van der Waals surface area contributed by atoms with Crippen LogP contribution in [0.1, 0.15) is 181 Å². The number of carbonyl (C=O) groups is 1. The standard InChI is InChI=1S/C41H75NO2/c1-5-7-9-11-13-15-17-19-21-23-25-27-29-31-33-35-37-40(44-41(43)38-39-42(3)4)36-34-32-30-28-26-24-22-20-18-16-14-12-10-8-6-2/h13-16,19-22,40H,5-12,17-18,23-39H2,1-4H3. The van der Waals surface area contributed by atoms with Gasteiger partial charge in [0, 0.05) is 6.54 Å². The molecule has 0 N–H and O–H groups in total. The molecule has 1 unspecified atom stereocenters. The van der Waals surface area contributed by atoms with E-state index < -0.39 is 0 Å². The lowest BCUT2D eigenvalue weighted by molar-refractivity contribution is -0.150. The summed E-state index contributed by atoms with van der Waals surface area (Å²) in [6.45, 7) is 5.28. The Kier molecular flexibility index (Phi) is 34.6. The van der Waals surface area contributed by atoms with Crippen molar-refractivity contribution < 1.29 is 9.53 Å². The predicted octanol–water partition coefficient (Wildman–Crippen LogP) is 12.9. The van der Waals surface area contributed by atoms with Crippen LogP contribution in [0.2, 0.25) is 0 Å². The number of hydrogen-bond donors (Lipinski definition) is 0. The Morgan fingerprint density at radius 1 is 0.523 bits per heavy atom. The average Bonchev–Trinajstić information content (AvgIpc) is 3.01. The van der Waals surface area contributed by atoms with Gasteiger partial charge < -0.3 is 9.64 Å². The molecule has 0 aromatic rings. The first-order valence-electron chi connectivity index (χ1n) is 19.0. The second-order valence-corrected chi connectivity index (χ2v) is 13.1. The molecule has 0 aromatic carbocycles. The number of ether oxygens (including phenoxy) is 1. The molecule has 0 heterocycles. The molecule has 0 rings (SSSR count). The summed E-state index contributed by atoms with van der Waals surface area (Å²) in [6, 6.07) is 0. The van der Waals surface area contributed by atoms with E-state index in [1.807, 2.05) is 14.1 Å². The molecule has 256 valence electrons. The average molecular weight is 614 g/mol. The number of nitrogens with zero attached hydrogens (tertiary/aromatic N) is 1. The summed E-state index contributed by atoms with van der Waals surface area (Å²) in [4.78, 5) is 14.5. The van der Waals surface area contributed by atoms with Gasteiger partial charge in [-0.15, -0.1) is 0 Å². The zero-order valence-corrected chi connectivity index (χ0v) is 30.1. The van der Waals surface area contributed by atoms with Crippen molar-refractivity contribution in [1.29, 1.82) is 0 Å². The van der Waals surface area contributed by atoms with Crippen molar-refractivity contribution in [2.45, 2.75) is 187 Å². The first-order chi connectivity index (χ1) is 21.6. The molecule has 3 heteroatoms. The molecule has 0 aliphatic heterocycles. The lowest BCUT2D eigenvalue weighted by atomic mass is 10.0. The monoisotopic (exact) mass is 614 g/mol. The molecule has 0 aliphatic rings.